The van der Waals surface area contributed by atoms with Crippen molar-refractivity contribution in [3.63, 3.8) is 0 Å². The predicted octanol–water partition coefficient (Wildman–Crippen LogP) is 3.50. The van der Waals surface area contributed by atoms with Gasteiger partial charge in [-0.1, -0.05) is 36.4 Å². The number of para-hydroxylation sites is 1. The molecular weight excluding hydrogens is 432 g/mol. The zero-order chi connectivity index (χ0) is 16.8. The first-order chi connectivity index (χ1) is 11.8. The van der Waals surface area contributed by atoms with Crippen molar-refractivity contribution in [2.75, 3.05) is 13.1 Å². The summed E-state index contributed by atoms with van der Waals surface area (Å²) in [6.07, 6.45) is 0.968. The molecular formula is C19H23FIN3O. The maximum Gasteiger partial charge on any atom is 0.191 e. The SMILES string of the molecule is CCNC(=NCc1ccccc1F)NCC1Cc2ccccc2O1.I. The maximum absolute atomic E-state index is 13.7. The van der Waals surface area contributed by atoms with Crippen molar-refractivity contribution in [2.45, 2.75) is 26.0 Å². The number of rotatable bonds is 5. The van der Waals surface area contributed by atoms with E-state index in [0.29, 0.717) is 24.6 Å². The Kier molecular flexibility index (Phi) is 7.49. The normalized spacial score (nSPS) is 15.8. The molecule has 0 spiro atoms. The fourth-order valence-electron chi connectivity index (χ4n) is 2.71. The Morgan fingerprint density at radius 2 is 1.92 bits per heavy atom. The van der Waals surface area contributed by atoms with E-state index in [9.17, 15) is 4.39 Å². The minimum atomic E-state index is -0.230. The molecule has 6 heteroatoms. The highest BCUT2D eigenvalue weighted by molar-refractivity contribution is 14.0. The summed E-state index contributed by atoms with van der Waals surface area (Å²) in [7, 11) is 0. The first kappa shape index (κ1) is 19.5. The molecule has 2 aromatic carbocycles. The number of hydrogen-bond donors (Lipinski definition) is 2. The minimum absolute atomic E-state index is 0. The monoisotopic (exact) mass is 455 g/mol. The summed E-state index contributed by atoms with van der Waals surface area (Å²) in [5.41, 5.74) is 1.82. The summed E-state index contributed by atoms with van der Waals surface area (Å²) in [5, 5.41) is 6.46. The number of ether oxygens (including phenoxy) is 1. The van der Waals surface area contributed by atoms with Crippen LogP contribution in [0.15, 0.2) is 53.5 Å². The summed E-state index contributed by atoms with van der Waals surface area (Å²) in [5.74, 6) is 1.39. The molecule has 1 aliphatic heterocycles. The Hall–Kier alpha value is -1.83. The van der Waals surface area contributed by atoms with Gasteiger partial charge in [0.2, 0.25) is 0 Å². The molecule has 0 radical (unpaired) electrons. The molecule has 0 saturated heterocycles. The molecule has 2 N–H and O–H groups in total. The third-order valence-corrected chi connectivity index (χ3v) is 3.92. The second-order valence-electron chi connectivity index (χ2n) is 5.72. The van der Waals surface area contributed by atoms with E-state index in [-0.39, 0.29) is 35.9 Å². The van der Waals surface area contributed by atoms with E-state index in [4.69, 9.17) is 4.74 Å². The average molecular weight is 455 g/mol. The number of nitrogens with one attached hydrogen (secondary N) is 2. The van der Waals surface area contributed by atoms with Crippen LogP contribution < -0.4 is 15.4 Å². The van der Waals surface area contributed by atoms with E-state index in [2.05, 4.69) is 21.7 Å². The molecule has 1 unspecified atom stereocenters. The summed E-state index contributed by atoms with van der Waals surface area (Å²) in [6.45, 7) is 3.70. The molecule has 0 amide bonds. The van der Waals surface area contributed by atoms with Gasteiger partial charge in [0.25, 0.3) is 0 Å². The third-order valence-electron chi connectivity index (χ3n) is 3.92. The Morgan fingerprint density at radius 3 is 2.68 bits per heavy atom. The minimum Gasteiger partial charge on any atom is -0.488 e. The lowest BCUT2D eigenvalue weighted by Crippen LogP contribution is -2.42. The Balaban J connectivity index is 0.00000225. The van der Waals surface area contributed by atoms with Gasteiger partial charge in [0.1, 0.15) is 17.7 Å². The fraction of sp³-hybridized carbons (Fsp3) is 0.316. The maximum atomic E-state index is 13.7. The zero-order valence-corrected chi connectivity index (χ0v) is 16.5. The molecule has 4 nitrogen and oxygen atoms in total. The number of benzene rings is 2. The van der Waals surface area contributed by atoms with Gasteiger partial charge in [-0.25, -0.2) is 9.38 Å². The number of guanidine groups is 1. The van der Waals surface area contributed by atoms with Gasteiger partial charge in [-0.05, 0) is 24.6 Å². The topological polar surface area (TPSA) is 45.7 Å². The largest absolute Gasteiger partial charge is 0.488 e. The number of aliphatic imine (C=N–C) groups is 1. The highest BCUT2D eigenvalue weighted by atomic mass is 127. The van der Waals surface area contributed by atoms with Gasteiger partial charge in [0, 0.05) is 18.5 Å². The highest BCUT2D eigenvalue weighted by Gasteiger charge is 2.22. The summed E-state index contributed by atoms with van der Waals surface area (Å²) in [4.78, 5) is 4.45. The molecule has 134 valence electrons. The first-order valence-corrected chi connectivity index (χ1v) is 8.26. The van der Waals surface area contributed by atoms with E-state index in [0.717, 1.165) is 18.7 Å². The Morgan fingerprint density at radius 1 is 1.16 bits per heavy atom. The lowest BCUT2D eigenvalue weighted by Gasteiger charge is -2.15. The average Bonchev–Trinajstić information content (AvgIpc) is 3.01. The number of fused-ring (bicyclic) bond motifs is 1. The van der Waals surface area contributed by atoms with E-state index in [1.165, 1.54) is 11.6 Å². The number of halogens is 2. The van der Waals surface area contributed by atoms with E-state index < -0.39 is 0 Å². The van der Waals surface area contributed by atoms with Crippen LogP contribution >= 0.6 is 24.0 Å². The van der Waals surface area contributed by atoms with Crippen LogP contribution in [0.1, 0.15) is 18.1 Å². The van der Waals surface area contributed by atoms with Gasteiger partial charge in [0.05, 0.1) is 13.1 Å². The van der Waals surface area contributed by atoms with E-state index >= 15 is 0 Å². The molecule has 3 rings (SSSR count). The lowest BCUT2D eigenvalue weighted by molar-refractivity contribution is 0.235. The second-order valence-corrected chi connectivity index (χ2v) is 5.72. The molecule has 0 saturated carbocycles. The lowest BCUT2D eigenvalue weighted by atomic mass is 10.1. The van der Waals surface area contributed by atoms with Gasteiger partial charge in [-0.3, -0.25) is 0 Å². The first-order valence-electron chi connectivity index (χ1n) is 8.26. The van der Waals surface area contributed by atoms with Crippen LogP contribution in [0.25, 0.3) is 0 Å². The van der Waals surface area contributed by atoms with Crippen LogP contribution in [0, 0.1) is 5.82 Å². The number of hydrogen-bond acceptors (Lipinski definition) is 2. The summed E-state index contributed by atoms with van der Waals surface area (Å²) in [6, 6.07) is 14.8. The second kappa shape index (κ2) is 9.60. The molecule has 0 fully saturated rings. The fourth-order valence-corrected chi connectivity index (χ4v) is 2.71. The molecule has 1 aliphatic rings. The molecule has 1 heterocycles. The smallest absolute Gasteiger partial charge is 0.191 e. The summed E-state index contributed by atoms with van der Waals surface area (Å²) < 4.78 is 19.6. The standard InChI is InChI=1S/C19H22FN3O.HI/c1-2-21-19(22-12-15-8-3-5-9-17(15)20)23-13-16-11-14-7-4-6-10-18(14)24-16;/h3-10,16H,2,11-13H2,1H3,(H2,21,22,23);1H. The van der Waals surface area contributed by atoms with Crippen LogP contribution in [-0.4, -0.2) is 25.2 Å². The van der Waals surface area contributed by atoms with Crippen LogP contribution in [0.2, 0.25) is 0 Å². The van der Waals surface area contributed by atoms with Crippen LogP contribution in [-0.2, 0) is 13.0 Å². The third kappa shape index (κ3) is 5.32. The van der Waals surface area contributed by atoms with Crippen molar-refractivity contribution in [3.05, 3.63) is 65.5 Å². The highest BCUT2D eigenvalue weighted by Crippen LogP contribution is 2.27. The number of nitrogens with zero attached hydrogens (tertiary/aromatic N) is 1. The molecule has 2 aromatic rings. The quantitative estimate of drug-likeness (QED) is 0.412. The van der Waals surface area contributed by atoms with Crippen LogP contribution in [0.3, 0.4) is 0 Å². The molecule has 25 heavy (non-hydrogen) atoms. The van der Waals surface area contributed by atoms with E-state index in [1.807, 2.05) is 31.2 Å². The van der Waals surface area contributed by atoms with Crippen molar-refractivity contribution in [1.29, 1.82) is 0 Å². The van der Waals surface area contributed by atoms with Crippen LogP contribution in [0.5, 0.6) is 5.75 Å². The van der Waals surface area contributed by atoms with Crippen molar-refractivity contribution in [3.8, 4) is 5.75 Å². The molecule has 1 atom stereocenters. The molecule has 0 aromatic heterocycles. The van der Waals surface area contributed by atoms with Gasteiger partial charge in [-0.2, -0.15) is 0 Å². The van der Waals surface area contributed by atoms with Gasteiger partial charge >= 0.3 is 0 Å². The zero-order valence-electron chi connectivity index (χ0n) is 14.2. The van der Waals surface area contributed by atoms with Crippen molar-refractivity contribution >= 4 is 29.9 Å². The van der Waals surface area contributed by atoms with Crippen molar-refractivity contribution in [1.82, 2.24) is 10.6 Å². The molecule has 0 aliphatic carbocycles. The Labute approximate surface area is 164 Å². The van der Waals surface area contributed by atoms with Gasteiger partial charge in [0.15, 0.2) is 5.96 Å². The predicted molar refractivity (Wildman–Crippen MR) is 109 cm³/mol. The van der Waals surface area contributed by atoms with Crippen molar-refractivity contribution in [2.24, 2.45) is 4.99 Å². The molecule has 0 bridgehead atoms. The van der Waals surface area contributed by atoms with Gasteiger partial charge in [-0.15, -0.1) is 24.0 Å². The Bertz CT molecular complexity index is 698. The van der Waals surface area contributed by atoms with E-state index in [1.54, 1.807) is 12.1 Å². The van der Waals surface area contributed by atoms with Crippen molar-refractivity contribution < 1.29 is 9.13 Å². The summed E-state index contributed by atoms with van der Waals surface area (Å²) >= 11 is 0. The van der Waals surface area contributed by atoms with Gasteiger partial charge < -0.3 is 15.4 Å². The van der Waals surface area contributed by atoms with Crippen LogP contribution in [0.4, 0.5) is 4.39 Å².